The second kappa shape index (κ2) is 4.37. The Hall–Kier alpha value is -0.170. The predicted octanol–water partition coefficient (Wildman–Crippen LogP) is -0.100. The molecule has 15 heavy (non-hydrogen) atoms. The monoisotopic (exact) mass is 235 g/mol. The quantitative estimate of drug-likeness (QED) is 0.675. The summed E-state index contributed by atoms with van der Waals surface area (Å²) in [6, 6.07) is 0. The van der Waals surface area contributed by atoms with Gasteiger partial charge in [-0.2, -0.15) is 12.7 Å². The van der Waals surface area contributed by atoms with Crippen LogP contribution in [0.1, 0.15) is 26.7 Å². The van der Waals surface area contributed by atoms with E-state index in [2.05, 4.69) is 4.72 Å². The fourth-order valence-electron chi connectivity index (χ4n) is 1.15. The summed E-state index contributed by atoms with van der Waals surface area (Å²) >= 11 is 0. The summed E-state index contributed by atoms with van der Waals surface area (Å²) in [5, 5.41) is 0. The Morgan fingerprint density at radius 3 is 2.40 bits per heavy atom. The summed E-state index contributed by atoms with van der Waals surface area (Å²) in [6.45, 7) is 4.44. The summed E-state index contributed by atoms with van der Waals surface area (Å²) in [5.41, 5.74) is 5.19. The zero-order valence-electron chi connectivity index (χ0n) is 9.66. The van der Waals surface area contributed by atoms with Crippen LogP contribution in [-0.4, -0.2) is 38.4 Å². The molecule has 0 bridgehead atoms. The van der Waals surface area contributed by atoms with Gasteiger partial charge in [0, 0.05) is 25.7 Å². The highest BCUT2D eigenvalue weighted by Crippen LogP contribution is 2.29. The van der Waals surface area contributed by atoms with E-state index < -0.39 is 15.7 Å². The molecular formula is C9H21N3O2S. The zero-order chi connectivity index (χ0) is 11.7. The standard InChI is InChI=1S/C9H21N3O2S/c1-9(2,10)7-11-15(13,14)12(3)6-8-4-5-8/h8,11H,4-7,10H2,1-3H3. The van der Waals surface area contributed by atoms with Crippen molar-refractivity contribution in [3.8, 4) is 0 Å². The van der Waals surface area contributed by atoms with Crippen LogP contribution < -0.4 is 10.5 Å². The average Bonchev–Trinajstić information content (AvgIpc) is 2.83. The van der Waals surface area contributed by atoms with Crippen LogP contribution in [0, 0.1) is 5.92 Å². The number of nitrogens with two attached hydrogens (primary N) is 1. The van der Waals surface area contributed by atoms with Crippen LogP contribution in [0.4, 0.5) is 0 Å². The molecule has 3 N–H and O–H groups in total. The van der Waals surface area contributed by atoms with Gasteiger partial charge in [0.05, 0.1) is 0 Å². The first-order valence-corrected chi connectivity index (χ1v) is 6.64. The largest absolute Gasteiger partial charge is 0.324 e. The summed E-state index contributed by atoms with van der Waals surface area (Å²) in [5.74, 6) is 0.553. The molecule has 0 radical (unpaired) electrons. The summed E-state index contributed by atoms with van der Waals surface area (Å²) in [4.78, 5) is 0. The maximum Gasteiger partial charge on any atom is 0.279 e. The van der Waals surface area contributed by atoms with Crippen molar-refractivity contribution in [2.24, 2.45) is 11.7 Å². The van der Waals surface area contributed by atoms with E-state index in [1.54, 1.807) is 20.9 Å². The SMILES string of the molecule is CN(CC1CC1)S(=O)(=O)NCC(C)(C)N. The number of hydrogen-bond acceptors (Lipinski definition) is 3. The van der Waals surface area contributed by atoms with Crippen LogP contribution in [0.15, 0.2) is 0 Å². The van der Waals surface area contributed by atoms with Crippen molar-refractivity contribution in [2.75, 3.05) is 20.1 Å². The van der Waals surface area contributed by atoms with Crippen molar-refractivity contribution >= 4 is 10.2 Å². The van der Waals surface area contributed by atoms with E-state index in [0.29, 0.717) is 12.5 Å². The van der Waals surface area contributed by atoms with Gasteiger partial charge in [-0.05, 0) is 32.6 Å². The first-order chi connectivity index (χ1) is 6.71. The molecule has 0 aliphatic heterocycles. The van der Waals surface area contributed by atoms with Gasteiger partial charge in [0.15, 0.2) is 0 Å². The molecule has 5 nitrogen and oxygen atoms in total. The lowest BCUT2D eigenvalue weighted by atomic mass is 10.1. The minimum atomic E-state index is -3.35. The van der Waals surface area contributed by atoms with E-state index in [1.165, 1.54) is 4.31 Å². The van der Waals surface area contributed by atoms with Crippen molar-refractivity contribution in [1.82, 2.24) is 9.03 Å². The van der Waals surface area contributed by atoms with Gasteiger partial charge in [0.2, 0.25) is 0 Å². The van der Waals surface area contributed by atoms with E-state index in [4.69, 9.17) is 5.73 Å². The molecule has 0 saturated heterocycles. The second-order valence-corrected chi connectivity index (χ2v) is 6.90. The van der Waals surface area contributed by atoms with Crippen LogP contribution in [0.5, 0.6) is 0 Å². The molecule has 0 aromatic heterocycles. The van der Waals surface area contributed by atoms with Crippen molar-refractivity contribution in [3.05, 3.63) is 0 Å². The van der Waals surface area contributed by atoms with Gasteiger partial charge in [-0.25, -0.2) is 4.72 Å². The van der Waals surface area contributed by atoms with Gasteiger partial charge in [0.1, 0.15) is 0 Å². The highest BCUT2D eigenvalue weighted by molar-refractivity contribution is 7.87. The van der Waals surface area contributed by atoms with E-state index in [1.807, 2.05) is 0 Å². The van der Waals surface area contributed by atoms with Crippen molar-refractivity contribution in [2.45, 2.75) is 32.2 Å². The number of nitrogens with one attached hydrogen (secondary N) is 1. The van der Waals surface area contributed by atoms with E-state index in [-0.39, 0.29) is 6.54 Å². The minimum Gasteiger partial charge on any atom is -0.324 e. The lowest BCUT2D eigenvalue weighted by Crippen LogP contribution is -2.49. The van der Waals surface area contributed by atoms with Gasteiger partial charge in [0.25, 0.3) is 10.2 Å². The fraction of sp³-hybridized carbons (Fsp3) is 1.00. The smallest absolute Gasteiger partial charge is 0.279 e. The molecule has 1 aliphatic rings. The fourth-order valence-corrected chi connectivity index (χ4v) is 2.33. The maximum absolute atomic E-state index is 11.7. The molecule has 1 aliphatic carbocycles. The zero-order valence-corrected chi connectivity index (χ0v) is 10.5. The third-order valence-corrected chi connectivity index (χ3v) is 3.81. The number of nitrogens with zero attached hydrogens (tertiary/aromatic N) is 1. The molecule has 0 amide bonds. The molecule has 0 atom stereocenters. The predicted molar refractivity (Wildman–Crippen MR) is 60.5 cm³/mol. The average molecular weight is 235 g/mol. The third kappa shape index (κ3) is 4.92. The topological polar surface area (TPSA) is 75.4 Å². The first kappa shape index (κ1) is 12.9. The molecule has 0 spiro atoms. The molecule has 0 unspecified atom stereocenters. The molecule has 0 aromatic rings. The summed E-state index contributed by atoms with van der Waals surface area (Å²) < 4.78 is 27.3. The van der Waals surface area contributed by atoms with Crippen LogP contribution in [0.2, 0.25) is 0 Å². The van der Waals surface area contributed by atoms with Crippen LogP contribution in [0.3, 0.4) is 0 Å². The Morgan fingerprint density at radius 2 is 2.00 bits per heavy atom. The van der Waals surface area contributed by atoms with Gasteiger partial charge in [-0.3, -0.25) is 0 Å². The third-order valence-electron chi connectivity index (χ3n) is 2.33. The van der Waals surface area contributed by atoms with Crippen LogP contribution in [-0.2, 0) is 10.2 Å². The highest BCUT2D eigenvalue weighted by Gasteiger charge is 2.28. The second-order valence-electron chi connectivity index (χ2n) is 5.04. The van der Waals surface area contributed by atoms with Gasteiger partial charge < -0.3 is 5.73 Å². The van der Waals surface area contributed by atoms with Crippen molar-refractivity contribution < 1.29 is 8.42 Å². The lowest BCUT2D eigenvalue weighted by molar-refractivity contribution is 0.428. The molecular weight excluding hydrogens is 214 g/mol. The Kier molecular flexibility index (Phi) is 3.76. The molecule has 6 heteroatoms. The van der Waals surface area contributed by atoms with Gasteiger partial charge >= 0.3 is 0 Å². The van der Waals surface area contributed by atoms with E-state index in [9.17, 15) is 8.42 Å². The van der Waals surface area contributed by atoms with E-state index >= 15 is 0 Å². The Morgan fingerprint density at radius 1 is 1.47 bits per heavy atom. The number of rotatable bonds is 6. The summed E-state index contributed by atoms with van der Waals surface area (Å²) in [6.07, 6.45) is 2.28. The van der Waals surface area contributed by atoms with Gasteiger partial charge in [-0.15, -0.1) is 0 Å². The van der Waals surface area contributed by atoms with Crippen LogP contribution >= 0.6 is 0 Å². The molecule has 90 valence electrons. The van der Waals surface area contributed by atoms with E-state index in [0.717, 1.165) is 12.8 Å². The lowest BCUT2D eigenvalue weighted by Gasteiger charge is -2.22. The molecule has 1 fully saturated rings. The highest BCUT2D eigenvalue weighted by atomic mass is 32.2. The molecule has 1 saturated carbocycles. The molecule has 0 heterocycles. The molecule has 0 aromatic carbocycles. The Balaban J connectivity index is 2.42. The first-order valence-electron chi connectivity index (χ1n) is 5.20. The minimum absolute atomic E-state index is 0.254. The maximum atomic E-state index is 11.7. The van der Waals surface area contributed by atoms with Gasteiger partial charge in [-0.1, -0.05) is 0 Å². The molecule has 1 rings (SSSR count). The van der Waals surface area contributed by atoms with Crippen LogP contribution in [0.25, 0.3) is 0 Å². The Bertz CT molecular complexity index is 304. The number of hydrogen-bond donors (Lipinski definition) is 2. The van der Waals surface area contributed by atoms with Crippen molar-refractivity contribution in [1.29, 1.82) is 0 Å². The normalized spacial score (nSPS) is 18.5. The summed E-state index contributed by atoms with van der Waals surface area (Å²) in [7, 11) is -1.74. The van der Waals surface area contributed by atoms with Crippen molar-refractivity contribution in [3.63, 3.8) is 0 Å². The Labute approximate surface area is 92.2 Å².